The molecule has 3 heterocycles. The summed E-state index contributed by atoms with van der Waals surface area (Å²) in [5.74, 6) is -0.0169. The number of carbonyl (C=O) groups is 1. The predicted molar refractivity (Wildman–Crippen MR) is 87.2 cm³/mol. The van der Waals surface area contributed by atoms with Gasteiger partial charge in [-0.3, -0.25) is 9.78 Å². The fourth-order valence-corrected chi connectivity index (χ4v) is 3.47. The lowest BCUT2D eigenvalue weighted by Gasteiger charge is -2.18. The van der Waals surface area contributed by atoms with Crippen LogP contribution in [-0.2, 0) is 6.54 Å². The molecule has 4 nitrogen and oxygen atoms in total. The maximum absolute atomic E-state index is 12.2. The summed E-state index contributed by atoms with van der Waals surface area (Å²) in [5.41, 5.74) is 4.87. The van der Waals surface area contributed by atoms with E-state index in [0.29, 0.717) is 11.6 Å². The maximum Gasteiger partial charge on any atom is 0.268 e. The molecule has 110 valence electrons. The minimum absolute atomic E-state index is 0.0169. The summed E-state index contributed by atoms with van der Waals surface area (Å²) in [6.45, 7) is 3.39. The fraction of sp³-hybridized carbons (Fsp3) is 0.176. The smallest absolute Gasteiger partial charge is 0.268 e. The van der Waals surface area contributed by atoms with Crippen molar-refractivity contribution in [3.8, 4) is 11.1 Å². The van der Waals surface area contributed by atoms with Crippen molar-refractivity contribution >= 4 is 28.4 Å². The van der Waals surface area contributed by atoms with Crippen molar-refractivity contribution < 1.29 is 4.79 Å². The number of halogens is 1. The third-order valence-electron chi connectivity index (χ3n) is 4.20. The van der Waals surface area contributed by atoms with E-state index in [2.05, 4.69) is 14.9 Å². The van der Waals surface area contributed by atoms with E-state index in [1.807, 2.05) is 31.2 Å². The van der Waals surface area contributed by atoms with Crippen LogP contribution < -0.4 is 5.32 Å². The van der Waals surface area contributed by atoms with E-state index in [4.69, 9.17) is 11.6 Å². The van der Waals surface area contributed by atoms with Crippen LogP contribution in [0.4, 0.5) is 0 Å². The average Bonchev–Trinajstić information content (AvgIpc) is 2.82. The number of hydrogen-bond acceptors (Lipinski definition) is 2. The molecule has 0 saturated heterocycles. The van der Waals surface area contributed by atoms with Crippen molar-refractivity contribution in [2.75, 3.05) is 6.54 Å². The topological polar surface area (TPSA) is 46.9 Å². The van der Waals surface area contributed by atoms with Crippen LogP contribution >= 0.6 is 11.6 Å². The lowest BCUT2D eigenvalue weighted by Crippen LogP contribution is -2.35. The van der Waals surface area contributed by atoms with Gasteiger partial charge in [0.15, 0.2) is 0 Å². The first-order valence-electron chi connectivity index (χ1n) is 7.18. The van der Waals surface area contributed by atoms with E-state index in [1.54, 1.807) is 12.4 Å². The van der Waals surface area contributed by atoms with Gasteiger partial charge in [0.25, 0.3) is 5.91 Å². The largest absolute Gasteiger partial charge is 0.349 e. The van der Waals surface area contributed by atoms with Gasteiger partial charge in [-0.2, -0.15) is 0 Å². The number of nitrogens with zero attached hydrogens (tertiary/aromatic N) is 2. The minimum Gasteiger partial charge on any atom is -0.349 e. The Morgan fingerprint density at radius 3 is 2.82 bits per heavy atom. The van der Waals surface area contributed by atoms with Crippen molar-refractivity contribution in [3.05, 3.63) is 52.9 Å². The molecule has 0 fully saturated rings. The molecular formula is C17H14ClN3O. The van der Waals surface area contributed by atoms with E-state index < -0.39 is 0 Å². The molecule has 0 saturated carbocycles. The maximum atomic E-state index is 12.2. The van der Waals surface area contributed by atoms with Gasteiger partial charge >= 0.3 is 0 Å². The molecule has 0 aliphatic carbocycles. The van der Waals surface area contributed by atoms with E-state index in [0.717, 1.165) is 39.8 Å². The van der Waals surface area contributed by atoms with Gasteiger partial charge in [0, 0.05) is 41.5 Å². The molecule has 22 heavy (non-hydrogen) atoms. The van der Waals surface area contributed by atoms with Crippen LogP contribution in [0.3, 0.4) is 0 Å². The Morgan fingerprint density at radius 2 is 2.05 bits per heavy atom. The van der Waals surface area contributed by atoms with E-state index in [9.17, 15) is 4.79 Å². The fourth-order valence-electron chi connectivity index (χ4n) is 3.25. The van der Waals surface area contributed by atoms with Crippen LogP contribution in [0, 0.1) is 6.92 Å². The Morgan fingerprint density at radius 1 is 1.27 bits per heavy atom. The first kappa shape index (κ1) is 13.3. The number of carbonyl (C=O) groups excluding carboxylic acids is 1. The number of amides is 1. The zero-order valence-corrected chi connectivity index (χ0v) is 12.8. The second kappa shape index (κ2) is 4.85. The van der Waals surface area contributed by atoms with Gasteiger partial charge in [-0.25, -0.2) is 0 Å². The van der Waals surface area contributed by atoms with Gasteiger partial charge in [-0.15, -0.1) is 0 Å². The number of nitrogens with one attached hydrogen (secondary N) is 1. The monoisotopic (exact) mass is 311 g/mol. The van der Waals surface area contributed by atoms with Crippen LogP contribution in [0.15, 0.2) is 36.7 Å². The Kier molecular flexibility index (Phi) is 2.94. The minimum atomic E-state index is -0.0169. The highest BCUT2D eigenvalue weighted by Crippen LogP contribution is 2.37. The Bertz CT molecular complexity index is 899. The Hall–Kier alpha value is -2.33. The second-order valence-corrected chi connectivity index (χ2v) is 5.90. The number of aryl methyl sites for hydroxylation is 1. The summed E-state index contributed by atoms with van der Waals surface area (Å²) in [6, 6.07) is 7.82. The molecule has 1 aliphatic heterocycles. The lowest BCUT2D eigenvalue weighted by atomic mass is 10.0. The molecule has 0 bridgehead atoms. The zero-order chi connectivity index (χ0) is 15.3. The summed E-state index contributed by atoms with van der Waals surface area (Å²) < 4.78 is 2.11. The SMILES string of the molecule is Cc1c2n(c3c(-c4ccncc4)cc(Cl)cc13)CCNC2=O. The number of fused-ring (bicyclic) bond motifs is 3. The summed E-state index contributed by atoms with van der Waals surface area (Å²) in [6.07, 6.45) is 3.53. The van der Waals surface area contributed by atoms with E-state index >= 15 is 0 Å². The normalized spacial score (nSPS) is 14.0. The predicted octanol–water partition coefficient (Wildman–Crippen LogP) is 3.41. The van der Waals surface area contributed by atoms with Gasteiger partial charge in [0.2, 0.25) is 0 Å². The van der Waals surface area contributed by atoms with Gasteiger partial charge in [-0.1, -0.05) is 11.6 Å². The number of benzene rings is 1. The Balaban J connectivity index is 2.14. The van der Waals surface area contributed by atoms with Crippen LogP contribution in [0.2, 0.25) is 5.02 Å². The van der Waals surface area contributed by atoms with Gasteiger partial charge in [0.1, 0.15) is 5.69 Å². The molecule has 1 amide bonds. The van der Waals surface area contributed by atoms with Crippen LogP contribution in [-0.4, -0.2) is 22.0 Å². The number of hydrogen-bond donors (Lipinski definition) is 1. The third kappa shape index (κ3) is 1.84. The Labute approximate surface area is 132 Å². The summed E-state index contributed by atoms with van der Waals surface area (Å²) in [7, 11) is 0. The average molecular weight is 312 g/mol. The van der Waals surface area contributed by atoms with Crippen LogP contribution in [0.1, 0.15) is 16.1 Å². The van der Waals surface area contributed by atoms with Gasteiger partial charge < -0.3 is 9.88 Å². The summed E-state index contributed by atoms with van der Waals surface area (Å²) >= 11 is 6.32. The quantitative estimate of drug-likeness (QED) is 0.748. The number of rotatable bonds is 1. The molecule has 0 radical (unpaired) electrons. The zero-order valence-electron chi connectivity index (χ0n) is 12.1. The molecule has 1 aliphatic rings. The molecule has 1 aromatic carbocycles. The molecule has 3 aromatic rings. The molecule has 2 aromatic heterocycles. The molecule has 0 unspecified atom stereocenters. The first-order chi connectivity index (χ1) is 10.7. The highest BCUT2D eigenvalue weighted by atomic mass is 35.5. The van der Waals surface area contributed by atoms with E-state index in [1.165, 1.54) is 0 Å². The van der Waals surface area contributed by atoms with Gasteiger partial charge in [0.05, 0.1) is 5.52 Å². The number of pyridine rings is 1. The van der Waals surface area contributed by atoms with Gasteiger partial charge in [-0.05, 0) is 42.3 Å². The lowest BCUT2D eigenvalue weighted by molar-refractivity contribution is 0.0928. The van der Waals surface area contributed by atoms with Crippen molar-refractivity contribution in [1.29, 1.82) is 0 Å². The highest BCUT2D eigenvalue weighted by molar-refractivity contribution is 6.32. The van der Waals surface area contributed by atoms with E-state index in [-0.39, 0.29) is 5.91 Å². The third-order valence-corrected chi connectivity index (χ3v) is 4.42. The molecule has 0 atom stereocenters. The summed E-state index contributed by atoms with van der Waals surface area (Å²) in [5, 5.41) is 4.62. The highest BCUT2D eigenvalue weighted by Gasteiger charge is 2.25. The standard InChI is InChI=1S/C17H14ClN3O/c1-10-13-8-12(18)9-14(11-2-4-19-5-3-11)16(13)21-7-6-20-17(22)15(10)21/h2-5,8-9H,6-7H2,1H3,(H,20,22). The summed E-state index contributed by atoms with van der Waals surface area (Å²) in [4.78, 5) is 16.3. The van der Waals surface area contributed by atoms with Crippen LogP contribution in [0.5, 0.6) is 0 Å². The van der Waals surface area contributed by atoms with Crippen molar-refractivity contribution in [2.45, 2.75) is 13.5 Å². The first-order valence-corrected chi connectivity index (χ1v) is 7.55. The van der Waals surface area contributed by atoms with Crippen molar-refractivity contribution in [2.24, 2.45) is 0 Å². The van der Waals surface area contributed by atoms with Crippen LogP contribution in [0.25, 0.3) is 22.0 Å². The second-order valence-electron chi connectivity index (χ2n) is 5.47. The molecular weight excluding hydrogens is 298 g/mol. The molecule has 5 heteroatoms. The molecule has 4 rings (SSSR count). The van der Waals surface area contributed by atoms with Crippen molar-refractivity contribution in [1.82, 2.24) is 14.9 Å². The molecule has 0 spiro atoms. The van der Waals surface area contributed by atoms with Crippen molar-refractivity contribution in [3.63, 3.8) is 0 Å². The number of aromatic nitrogens is 2. The molecule has 1 N–H and O–H groups in total.